The fourth-order valence-electron chi connectivity index (χ4n) is 3.67. The van der Waals surface area contributed by atoms with Crippen molar-refractivity contribution in [2.24, 2.45) is 11.3 Å². The van der Waals surface area contributed by atoms with Crippen molar-refractivity contribution < 1.29 is 13.2 Å². The van der Waals surface area contributed by atoms with E-state index >= 15 is 0 Å². The lowest BCUT2D eigenvalue weighted by atomic mass is 9.89. The summed E-state index contributed by atoms with van der Waals surface area (Å²) in [5.41, 5.74) is 0.339. The number of alkyl halides is 3. The van der Waals surface area contributed by atoms with Gasteiger partial charge >= 0.3 is 6.18 Å². The zero-order valence-electron chi connectivity index (χ0n) is 13.6. The molecule has 0 amide bonds. The van der Waals surface area contributed by atoms with Gasteiger partial charge in [-0.15, -0.1) is 12.4 Å². The second-order valence-electron chi connectivity index (χ2n) is 7.07. The molecule has 0 bridgehead atoms. The minimum absolute atomic E-state index is 0. The molecule has 0 saturated carbocycles. The predicted octanol–water partition coefficient (Wildman–Crippen LogP) is 2.61. The fourth-order valence-corrected chi connectivity index (χ4v) is 3.67. The van der Waals surface area contributed by atoms with Gasteiger partial charge in [-0.3, -0.25) is 4.90 Å². The first-order chi connectivity index (χ1) is 9.80. The van der Waals surface area contributed by atoms with Crippen LogP contribution in [0.5, 0.6) is 0 Å². The Bertz CT molecular complexity index is 332. The van der Waals surface area contributed by atoms with Crippen LogP contribution in [0.2, 0.25) is 0 Å². The van der Waals surface area contributed by atoms with Crippen LogP contribution in [-0.2, 0) is 0 Å². The summed E-state index contributed by atoms with van der Waals surface area (Å²) >= 11 is 0. The summed E-state index contributed by atoms with van der Waals surface area (Å²) in [6, 6.07) is 0. The quantitative estimate of drug-likeness (QED) is 0.800. The van der Waals surface area contributed by atoms with Gasteiger partial charge in [0.15, 0.2) is 0 Å². The summed E-state index contributed by atoms with van der Waals surface area (Å²) in [6.07, 6.45) is -1.86. The molecule has 2 atom stereocenters. The maximum atomic E-state index is 12.5. The van der Waals surface area contributed by atoms with Crippen molar-refractivity contribution in [1.29, 1.82) is 0 Å². The highest BCUT2D eigenvalue weighted by Gasteiger charge is 2.35. The highest BCUT2D eigenvalue weighted by molar-refractivity contribution is 5.85. The third-order valence-electron chi connectivity index (χ3n) is 4.80. The molecule has 2 unspecified atom stereocenters. The summed E-state index contributed by atoms with van der Waals surface area (Å²) in [5.74, 6) is 0.380. The maximum absolute atomic E-state index is 12.5. The van der Waals surface area contributed by atoms with Crippen LogP contribution in [0.25, 0.3) is 0 Å². The highest BCUT2D eigenvalue weighted by atomic mass is 35.5. The van der Waals surface area contributed by atoms with E-state index in [0.717, 1.165) is 39.1 Å². The molecule has 22 heavy (non-hydrogen) atoms. The van der Waals surface area contributed by atoms with E-state index in [1.54, 1.807) is 0 Å². The number of nitrogens with zero attached hydrogens (tertiary/aromatic N) is 2. The molecule has 2 heterocycles. The second-order valence-corrected chi connectivity index (χ2v) is 7.07. The van der Waals surface area contributed by atoms with E-state index in [1.807, 2.05) is 6.92 Å². The van der Waals surface area contributed by atoms with Crippen LogP contribution in [0.1, 0.15) is 26.7 Å². The highest BCUT2D eigenvalue weighted by Crippen LogP contribution is 2.29. The number of hydrogen-bond acceptors (Lipinski definition) is 3. The molecule has 0 aromatic rings. The molecule has 2 fully saturated rings. The smallest absolute Gasteiger partial charge is 0.316 e. The van der Waals surface area contributed by atoms with Gasteiger partial charge < -0.3 is 10.2 Å². The van der Waals surface area contributed by atoms with E-state index in [4.69, 9.17) is 0 Å². The molecule has 132 valence electrons. The monoisotopic (exact) mass is 343 g/mol. The predicted molar refractivity (Wildman–Crippen MR) is 85.6 cm³/mol. The minimum atomic E-state index is -4.09. The van der Waals surface area contributed by atoms with E-state index in [2.05, 4.69) is 17.1 Å². The summed E-state index contributed by atoms with van der Waals surface area (Å²) in [7, 11) is 0. The number of halogens is 4. The Morgan fingerprint density at radius 3 is 2.64 bits per heavy atom. The summed E-state index contributed by atoms with van der Waals surface area (Å²) in [4.78, 5) is 3.98. The van der Waals surface area contributed by atoms with Crippen molar-refractivity contribution in [3.63, 3.8) is 0 Å². The fraction of sp³-hybridized carbons (Fsp3) is 1.00. The molecule has 2 aliphatic heterocycles. The summed E-state index contributed by atoms with van der Waals surface area (Å²) in [5, 5.41) is 3.41. The number of likely N-dealkylation sites (tertiary alicyclic amines) is 1. The standard InChI is InChI=1S/C15H28F3N3.ClH/c1-3-20(12-15(16,17)18)8-13-4-7-21(9-13)11-14(2)5-6-19-10-14;/h13,19H,3-12H2,1-2H3;1H. The van der Waals surface area contributed by atoms with Crippen molar-refractivity contribution in [2.45, 2.75) is 32.9 Å². The van der Waals surface area contributed by atoms with Gasteiger partial charge in [0.2, 0.25) is 0 Å². The van der Waals surface area contributed by atoms with Crippen LogP contribution < -0.4 is 5.32 Å². The third-order valence-corrected chi connectivity index (χ3v) is 4.80. The van der Waals surface area contributed by atoms with Crippen LogP contribution >= 0.6 is 12.4 Å². The molecular formula is C15H29ClF3N3. The van der Waals surface area contributed by atoms with Gasteiger partial charge in [0.25, 0.3) is 0 Å². The van der Waals surface area contributed by atoms with Gasteiger partial charge in [-0.05, 0) is 43.8 Å². The Labute approximate surface area is 138 Å². The van der Waals surface area contributed by atoms with Crippen LogP contribution in [0, 0.1) is 11.3 Å². The van der Waals surface area contributed by atoms with Gasteiger partial charge in [0, 0.05) is 26.2 Å². The second kappa shape index (κ2) is 8.18. The van der Waals surface area contributed by atoms with Gasteiger partial charge in [0.1, 0.15) is 0 Å². The van der Waals surface area contributed by atoms with Gasteiger partial charge in [-0.1, -0.05) is 13.8 Å². The minimum Gasteiger partial charge on any atom is -0.316 e. The molecular weight excluding hydrogens is 315 g/mol. The summed E-state index contributed by atoms with van der Waals surface area (Å²) in [6.45, 7) is 9.58. The normalized spacial score (nSPS) is 30.0. The molecule has 0 aromatic heterocycles. The Balaban J connectivity index is 0.00000242. The first-order valence-electron chi connectivity index (χ1n) is 8.02. The molecule has 2 rings (SSSR count). The molecule has 0 aromatic carbocycles. The van der Waals surface area contributed by atoms with Crippen molar-refractivity contribution in [3.8, 4) is 0 Å². The first kappa shape index (κ1) is 20.0. The van der Waals surface area contributed by atoms with Crippen LogP contribution in [0.3, 0.4) is 0 Å². The summed E-state index contributed by atoms with van der Waals surface area (Å²) < 4.78 is 37.5. The number of hydrogen-bond donors (Lipinski definition) is 1. The largest absolute Gasteiger partial charge is 0.401 e. The first-order valence-corrected chi connectivity index (χ1v) is 8.02. The van der Waals surface area contributed by atoms with Crippen molar-refractivity contribution in [2.75, 3.05) is 52.4 Å². The molecule has 7 heteroatoms. The molecule has 0 radical (unpaired) electrons. The number of nitrogens with one attached hydrogen (secondary N) is 1. The number of rotatable bonds is 6. The maximum Gasteiger partial charge on any atom is 0.401 e. The van der Waals surface area contributed by atoms with Gasteiger partial charge in [-0.2, -0.15) is 13.2 Å². The van der Waals surface area contributed by atoms with Crippen LogP contribution in [-0.4, -0.2) is 68.3 Å². The van der Waals surface area contributed by atoms with E-state index < -0.39 is 12.7 Å². The van der Waals surface area contributed by atoms with E-state index in [1.165, 1.54) is 11.3 Å². The SMILES string of the molecule is CCN(CC1CCN(CC2(C)CCNC2)C1)CC(F)(F)F.Cl. The molecule has 0 spiro atoms. The Kier molecular flexibility index (Phi) is 7.43. The van der Waals surface area contributed by atoms with Gasteiger partial charge in [-0.25, -0.2) is 0 Å². The zero-order chi connectivity index (χ0) is 15.5. The average Bonchev–Trinajstić information content (AvgIpc) is 2.97. The molecule has 2 saturated heterocycles. The van der Waals surface area contributed by atoms with E-state index in [-0.39, 0.29) is 12.4 Å². The van der Waals surface area contributed by atoms with Crippen molar-refractivity contribution >= 4 is 12.4 Å². The van der Waals surface area contributed by atoms with E-state index in [9.17, 15) is 13.2 Å². The average molecular weight is 344 g/mol. The molecule has 3 nitrogen and oxygen atoms in total. The van der Waals surface area contributed by atoms with Crippen LogP contribution in [0.4, 0.5) is 13.2 Å². The van der Waals surface area contributed by atoms with Gasteiger partial charge in [0.05, 0.1) is 6.54 Å². The molecule has 1 N–H and O–H groups in total. The zero-order valence-corrected chi connectivity index (χ0v) is 14.4. The lowest BCUT2D eigenvalue weighted by Gasteiger charge is -2.29. The van der Waals surface area contributed by atoms with Crippen molar-refractivity contribution in [3.05, 3.63) is 0 Å². The third kappa shape index (κ3) is 6.22. The lowest BCUT2D eigenvalue weighted by molar-refractivity contribution is -0.146. The van der Waals surface area contributed by atoms with E-state index in [0.29, 0.717) is 24.4 Å². The topological polar surface area (TPSA) is 18.5 Å². The Morgan fingerprint density at radius 1 is 1.36 bits per heavy atom. The Hall–Kier alpha value is -0.0400. The molecule has 2 aliphatic rings. The van der Waals surface area contributed by atoms with Crippen LogP contribution in [0.15, 0.2) is 0 Å². The lowest BCUT2D eigenvalue weighted by Crippen LogP contribution is -2.39. The van der Waals surface area contributed by atoms with Crippen molar-refractivity contribution in [1.82, 2.24) is 15.1 Å². The molecule has 0 aliphatic carbocycles. The Morgan fingerprint density at radius 2 is 2.09 bits per heavy atom.